The number of anilines is 1. The van der Waals surface area contributed by atoms with E-state index in [1.54, 1.807) is 12.4 Å². The highest BCUT2D eigenvalue weighted by Crippen LogP contribution is 2.57. The van der Waals surface area contributed by atoms with Gasteiger partial charge in [-0.1, -0.05) is 12.5 Å². The zero-order chi connectivity index (χ0) is 13.6. The summed E-state index contributed by atoms with van der Waals surface area (Å²) in [5.74, 6) is 0.793. The van der Waals surface area contributed by atoms with Gasteiger partial charge in [0, 0.05) is 12.4 Å². The van der Waals surface area contributed by atoms with Gasteiger partial charge in [-0.05, 0) is 43.7 Å². The van der Waals surface area contributed by atoms with Gasteiger partial charge in [-0.2, -0.15) is 0 Å². The van der Waals surface area contributed by atoms with Gasteiger partial charge in [0.15, 0.2) is 0 Å². The molecular formula is C16H17N3O. The van der Waals surface area contributed by atoms with Gasteiger partial charge < -0.3 is 5.32 Å². The van der Waals surface area contributed by atoms with Crippen molar-refractivity contribution in [1.82, 2.24) is 9.97 Å². The highest BCUT2D eigenvalue weighted by atomic mass is 16.2. The molecule has 0 saturated heterocycles. The molecule has 2 aliphatic carbocycles. The van der Waals surface area contributed by atoms with Crippen molar-refractivity contribution in [2.24, 2.45) is 11.3 Å². The van der Waals surface area contributed by atoms with E-state index in [2.05, 4.69) is 15.3 Å². The molecule has 0 unspecified atom stereocenters. The number of aromatic nitrogens is 2. The maximum absolute atomic E-state index is 12.7. The first kappa shape index (κ1) is 11.8. The Labute approximate surface area is 117 Å². The molecule has 1 aromatic heterocycles. The third-order valence-electron chi connectivity index (χ3n) is 4.80. The molecule has 2 aromatic rings. The van der Waals surface area contributed by atoms with Gasteiger partial charge in [-0.15, -0.1) is 0 Å². The number of hydrogen-bond donors (Lipinski definition) is 1. The van der Waals surface area contributed by atoms with Gasteiger partial charge in [0.2, 0.25) is 5.91 Å². The van der Waals surface area contributed by atoms with E-state index in [0.29, 0.717) is 5.92 Å². The lowest BCUT2D eigenvalue weighted by atomic mass is 9.64. The molecule has 4 heteroatoms. The Hall–Kier alpha value is -1.97. The fourth-order valence-corrected chi connectivity index (χ4v) is 3.35. The molecule has 0 radical (unpaired) electrons. The van der Waals surface area contributed by atoms with Gasteiger partial charge in [0.05, 0.1) is 16.6 Å². The maximum Gasteiger partial charge on any atom is 0.230 e. The fourth-order valence-electron chi connectivity index (χ4n) is 3.35. The van der Waals surface area contributed by atoms with E-state index in [1.807, 2.05) is 18.2 Å². The lowest BCUT2D eigenvalue weighted by molar-refractivity contribution is -0.132. The predicted octanol–water partition coefficient (Wildman–Crippen LogP) is 3.15. The van der Waals surface area contributed by atoms with Gasteiger partial charge >= 0.3 is 0 Å². The molecule has 2 aliphatic rings. The van der Waals surface area contributed by atoms with Crippen LogP contribution in [-0.2, 0) is 4.79 Å². The van der Waals surface area contributed by atoms with Crippen molar-refractivity contribution in [3.05, 3.63) is 30.6 Å². The van der Waals surface area contributed by atoms with E-state index in [1.165, 1.54) is 19.3 Å². The molecule has 102 valence electrons. The first-order valence-electron chi connectivity index (χ1n) is 7.31. The van der Waals surface area contributed by atoms with Crippen LogP contribution in [-0.4, -0.2) is 15.9 Å². The first-order valence-corrected chi connectivity index (χ1v) is 7.31. The van der Waals surface area contributed by atoms with Gasteiger partial charge in [0.25, 0.3) is 0 Å². The summed E-state index contributed by atoms with van der Waals surface area (Å²) < 4.78 is 0. The molecule has 1 N–H and O–H groups in total. The summed E-state index contributed by atoms with van der Waals surface area (Å²) in [6, 6.07) is 5.74. The molecule has 20 heavy (non-hydrogen) atoms. The second-order valence-electron chi connectivity index (χ2n) is 5.97. The average molecular weight is 267 g/mol. The van der Waals surface area contributed by atoms with E-state index >= 15 is 0 Å². The summed E-state index contributed by atoms with van der Waals surface area (Å²) in [5, 5.41) is 3.11. The smallest absolute Gasteiger partial charge is 0.230 e. The third kappa shape index (κ3) is 1.71. The number of nitrogens with one attached hydrogen (secondary N) is 1. The number of para-hydroxylation sites is 1. The molecule has 4 nitrogen and oxygen atoms in total. The van der Waals surface area contributed by atoms with E-state index < -0.39 is 0 Å². The van der Waals surface area contributed by atoms with Crippen LogP contribution < -0.4 is 5.32 Å². The summed E-state index contributed by atoms with van der Waals surface area (Å²) in [6.45, 7) is 0. The molecule has 1 aromatic carbocycles. The van der Waals surface area contributed by atoms with Crippen molar-refractivity contribution in [2.45, 2.75) is 32.1 Å². The Morgan fingerprint density at radius 1 is 1.20 bits per heavy atom. The van der Waals surface area contributed by atoms with Gasteiger partial charge in [0.1, 0.15) is 5.52 Å². The molecule has 0 spiro atoms. The minimum Gasteiger partial charge on any atom is -0.324 e. The normalized spacial score (nSPS) is 20.4. The molecule has 0 atom stereocenters. The fraction of sp³-hybridized carbons (Fsp3) is 0.438. The van der Waals surface area contributed by atoms with Crippen molar-refractivity contribution in [3.63, 3.8) is 0 Å². The predicted molar refractivity (Wildman–Crippen MR) is 77.2 cm³/mol. The van der Waals surface area contributed by atoms with E-state index in [0.717, 1.165) is 29.6 Å². The maximum atomic E-state index is 12.7. The zero-order valence-electron chi connectivity index (χ0n) is 11.3. The van der Waals surface area contributed by atoms with Crippen LogP contribution in [0.4, 0.5) is 5.69 Å². The monoisotopic (exact) mass is 267 g/mol. The number of benzene rings is 1. The number of carbonyl (C=O) groups is 1. The lowest BCUT2D eigenvalue weighted by Crippen LogP contribution is -2.43. The summed E-state index contributed by atoms with van der Waals surface area (Å²) in [4.78, 5) is 21.3. The summed E-state index contributed by atoms with van der Waals surface area (Å²) in [5.41, 5.74) is 2.28. The van der Waals surface area contributed by atoms with E-state index in [4.69, 9.17) is 0 Å². The third-order valence-corrected chi connectivity index (χ3v) is 4.80. The highest BCUT2D eigenvalue weighted by Gasteiger charge is 2.54. The van der Waals surface area contributed by atoms with Crippen LogP contribution in [0.3, 0.4) is 0 Å². The summed E-state index contributed by atoms with van der Waals surface area (Å²) in [7, 11) is 0. The first-order chi connectivity index (χ1) is 9.79. The Kier molecular flexibility index (Phi) is 2.52. The molecule has 0 aliphatic heterocycles. The number of rotatable bonds is 3. The van der Waals surface area contributed by atoms with Crippen LogP contribution in [0.15, 0.2) is 30.6 Å². The molecule has 1 amide bonds. The van der Waals surface area contributed by atoms with Crippen LogP contribution in [0.5, 0.6) is 0 Å². The van der Waals surface area contributed by atoms with Crippen LogP contribution >= 0.6 is 0 Å². The van der Waals surface area contributed by atoms with Crippen molar-refractivity contribution >= 4 is 22.6 Å². The number of nitrogens with zero attached hydrogens (tertiary/aromatic N) is 2. The Morgan fingerprint density at radius 2 is 2.00 bits per heavy atom. The summed E-state index contributed by atoms with van der Waals surface area (Å²) in [6.07, 6.45) is 9.02. The standard InChI is InChI=1S/C16H17N3O/c20-15(16(7-2-8-16)11-5-6-11)19-13-4-1-3-12-14(13)18-10-9-17-12/h1,3-4,9-11H,2,5-8H2,(H,19,20). The van der Waals surface area contributed by atoms with Crippen molar-refractivity contribution < 1.29 is 4.79 Å². The molecule has 0 bridgehead atoms. The van der Waals surface area contributed by atoms with E-state index in [9.17, 15) is 4.79 Å². The van der Waals surface area contributed by atoms with Crippen LogP contribution in [0, 0.1) is 11.3 Å². The second-order valence-corrected chi connectivity index (χ2v) is 5.97. The highest BCUT2D eigenvalue weighted by molar-refractivity contribution is 6.02. The van der Waals surface area contributed by atoms with Crippen molar-refractivity contribution in [1.29, 1.82) is 0 Å². The van der Waals surface area contributed by atoms with Gasteiger partial charge in [-0.25, -0.2) is 0 Å². The molecule has 1 heterocycles. The number of carbonyl (C=O) groups excluding carboxylic acids is 1. The quantitative estimate of drug-likeness (QED) is 0.929. The number of hydrogen-bond acceptors (Lipinski definition) is 3. The molecular weight excluding hydrogens is 250 g/mol. The number of amides is 1. The van der Waals surface area contributed by atoms with Crippen molar-refractivity contribution in [3.8, 4) is 0 Å². The molecule has 2 saturated carbocycles. The minimum atomic E-state index is -0.0929. The minimum absolute atomic E-state index is 0.0929. The Balaban J connectivity index is 1.66. The SMILES string of the molecule is O=C(Nc1cccc2nccnc12)C1(C2CC2)CCC1. The molecule has 4 rings (SSSR count). The average Bonchev–Trinajstić information content (AvgIpc) is 3.23. The zero-order valence-corrected chi connectivity index (χ0v) is 11.3. The Bertz CT molecular complexity index is 669. The van der Waals surface area contributed by atoms with E-state index in [-0.39, 0.29) is 11.3 Å². The largest absolute Gasteiger partial charge is 0.324 e. The lowest BCUT2D eigenvalue weighted by Gasteiger charge is -2.40. The van der Waals surface area contributed by atoms with Crippen molar-refractivity contribution in [2.75, 3.05) is 5.32 Å². The van der Waals surface area contributed by atoms with Crippen LogP contribution in [0.2, 0.25) is 0 Å². The number of fused-ring (bicyclic) bond motifs is 1. The second kappa shape index (κ2) is 4.27. The summed E-state index contributed by atoms with van der Waals surface area (Å²) >= 11 is 0. The van der Waals surface area contributed by atoms with Gasteiger partial charge in [-0.3, -0.25) is 14.8 Å². The Morgan fingerprint density at radius 3 is 2.70 bits per heavy atom. The topological polar surface area (TPSA) is 54.9 Å². The van der Waals surface area contributed by atoms with Crippen LogP contribution in [0.1, 0.15) is 32.1 Å². The van der Waals surface area contributed by atoms with Crippen LogP contribution in [0.25, 0.3) is 11.0 Å². The molecule has 2 fully saturated rings.